The molecule has 0 aliphatic carbocycles. The summed E-state index contributed by atoms with van der Waals surface area (Å²) in [6.45, 7) is 0.177. The highest BCUT2D eigenvalue weighted by atomic mass is 16.7. The second-order valence-electron chi connectivity index (χ2n) is 5.71. The molecule has 0 amide bonds. The molecule has 1 fully saturated rings. The van der Waals surface area contributed by atoms with Crippen molar-refractivity contribution in [2.75, 3.05) is 19.7 Å². The van der Waals surface area contributed by atoms with Crippen LogP contribution in [0.1, 0.15) is 38.5 Å². The van der Waals surface area contributed by atoms with Crippen molar-refractivity contribution in [3.63, 3.8) is 0 Å². The lowest BCUT2D eigenvalue weighted by atomic mass is 10.1. The maximum atomic E-state index is 10.3. The van der Waals surface area contributed by atoms with E-state index in [2.05, 4.69) is 5.32 Å². The number of aliphatic hydroxyl groups is 4. The number of unbranched alkanes of at least 4 members (excludes halogenated alkanes) is 4. The van der Waals surface area contributed by atoms with Crippen molar-refractivity contribution in [3.05, 3.63) is 0 Å². The zero-order valence-electron chi connectivity index (χ0n) is 12.6. The monoisotopic (exact) mass is 321 g/mol. The number of carbonyl (C=O) groups is 1. The molecule has 0 aromatic rings. The highest BCUT2D eigenvalue weighted by molar-refractivity contribution is 5.66. The Bertz CT molecular complexity index is 341. The van der Waals surface area contributed by atoms with E-state index in [9.17, 15) is 20.1 Å². The van der Waals surface area contributed by atoms with E-state index in [1.165, 1.54) is 0 Å². The average Bonchev–Trinajstić information content (AvgIpc) is 2.70. The lowest BCUT2D eigenvalue weighted by molar-refractivity contribution is -0.245. The number of rotatable bonds is 11. The minimum atomic E-state index is -2.10. The van der Waals surface area contributed by atoms with Gasteiger partial charge >= 0.3 is 5.97 Å². The molecule has 0 unspecified atom stereocenters. The maximum Gasteiger partial charge on any atom is 0.303 e. The predicted molar refractivity (Wildman–Crippen MR) is 77.1 cm³/mol. The standard InChI is InChI=1S/C14H27NO7/c16-9-14(21)13(20)12(19)10(22-14)8-15-7-5-3-1-2-4-6-11(17)18/h10,12-13,15-16,19-21H,1-9H2,(H,17,18)/t10-,12+,13-,14+/m1/s1. The highest BCUT2D eigenvalue weighted by Gasteiger charge is 2.52. The van der Waals surface area contributed by atoms with Crippen molar-refractivity contribution in [3.8, 4) is 0 Å². The molecule has 1 rings (SSSR count). The first-order chi connectivity index (χ1) is 10.4. The van der Waals surface area contributed by atoms with Crippen molar-refractivity contribution in [2.45, 2.75) is 62.6 Å². The van der Waals surface area contributed by atoms with E-state index in [1.54, 1.807) is 0 Å². The quantitative estimate of drug-likeness (QED) is 0.261. The van der Waals surface area contributed by atoms with Crippen LogP contribution in [-0.4, -0.2) is 75.3 Å². The summed E-state index contributed by atoms with van der Waals surface area (Å²) in [6.07, 6.45) is 1.11. The van der Waals surface area contributed by atoms with Crippen molar-refractivity contribution in [1.82, 2.24) is 5.32 Å². The second kappa shape index (κ2) is 9.39. The lowest BCUT2D eigenvalue weighted by Crippen LogP contribution is -2.46. The molecule has 1 saturated heterocycles. The van der Waals surface area contributed by atoms with E-state index >= 15 is 0 Å². The van der Waals surface area contributed by atoms with E-state index in [0.29, 0.717) is 13.0 Å². The van der Waals surface area contributed by atoms with Crippen LogP contribution >= 0.6 is 0 Å². The lowest BCUT2D eigenvalue weighted by Gasteiger charge is -2.22. The van der Waals surface area contributed by atoms with E-state index in [0.717, 1.165) is 25.7 Å². The summed E-state index contributed by atoms with van der Waals surface area (Å²) in [4.78, 5) is 10.3. The van der Waals surface area contributed by atoms with Gasteiger partial charge in [0, 0.05) is 13.0 Å². The SMILES string of the molecule is O=C(O)CCCCCCCNC[C@H]1O[C@@](O)(CO)[C@H](O)[C@H]1O. The number of carboxylic acids is 1. The Morgan fingerprint density at radius 1 is 1.14 bits per heavy atom. The van der Waals surface area contributed by atoms with Crippen LogP contribution in [0.4, 0.5) is 0 Å². The van der Waals surface area contributed by atoms with E-state index in [-0.39, 0.29) is 13.0 Å². The fourth-order valence-corrected chi connectivity index (χ4v) is 2.47. The minimum Gasteiger partial charge on any atom is -0.481 e. The van der Waals surface area contributed by atoms with Crippen LogP contribution in [0.15, 0.2) is 0 Å². The summed E-state index contributed by atoms with van der Waals surface area (Å²) in [5, 5.41) is 49.6. The van der Waals surface area contributed by atoms with Gasteiger partial charge in [0.15, 0.2) is 0 Å². The first-order valence-corrected chi connectivity index (χ1v) is 7.70. The Hall–Kier alpha value is -0.770. The van der Waals surface area contributed by atoms with Gasteiger partial charge in [-0.1, -0.05) is 19.3 Å². The summed E-state index contributed by atoms with van der Waals surface area (Å²) < 4.78 is 5.09. The molecule has 0 aromatic heterocycles. The number of nitrogens with one attached hydrogen (secondary N) is 1. The highest BCUT2D eigenvalue weighted by Crippen LogP contribution is 2.28. The number of hydrogen-bond donors (Lipinski definition) is 6. The molecular weight excluding hydrogens is 294 g/mol. The van der Waals surface area contributed by atoms with Gasteiger partial charge in [0.2, 0.25) is 5.79 Å². The van der Waals surface area contributed by atoms with E-state index < -0.39 is 36.7 Å². The van der Waals surface area contributed by atoms with E-state index in [1.807, 2.05) is 0 Å². The number of aliphatic hydroxyl groups excluding tert-OH is 3. The van der Waals surface area contributed by atoms with Crippen molar-refractivity contribution >= 4 is 5.97 Å². The molecule has 130 valence electrons. The Labute approximate surface area is 129 Å². The summed E-state index contributed by atoms with van der Waals surface area (Å²) in [5.41, 5.74) is 0. The zero-order valence-corrected chi connectivity index (χ0v) is 12.6. The second-order valence-corrected chi connectivity index (χ2v) is 5.71. The normalized spacial score (nSPS) is 31.5. The Balaban J connectivity index is 2.05. The molecule has 0 saturated carbocycles. The average molecular weight is 321 g/mol. The molecule has 1 aliphatic heterocycles. The Kier molecular flexibility index (Phi) is 8.23. The number of ether oxygens (including phenoxy) is 1. The molecular formula is C14H27NO7. The maximum absolute atomic E-state index is 10.3. The van der Waals surface area contributed by atoms with Gasteiger partial charge in [0.05, 0.1) is 6.61 Å². The van der Waals surface area contributed by atoms with Gasteiger partial charge in [-0.3, -0.25) is 4.79 Å². The fraction of sp³-hybridized carbons (Fsp3) is 0.929. The third-order valence-corrected chi connectivity index (χ3v) is 3.84. The third-order valence-electron chi connectivity index (χ3n) is 3.84. The number of aliphatic carboxylic acids is 1. The Morgan fingerprint density at radius 3 is 2.36 bits per heavy atom. The summed E-state index contributed by atoms with van der Waals surface area (Å²) in [5.74, 6) is -2.86. The van der Waals surface area contributed by atoms with E-state index in [4.69, 9.17) is 14.9 Å². The van der Waals surface area contributed by atoms with Gasteiger partial charge in [-0.2, -0.15) is 0 Å². The van der Waals surface area contributed by atoms with Gasteiger partial charge in [0.25, 0.3) is 0 Å². The number of hydrogen-bond acceptors (Lipinski definition) is 7. The van der Waals surface area contributed by atoms with Crippen LogP contribution in [0, 0.1) is 0 Å². The first kappa shape index (κ1) is 19.3. The molecule has 0 bridgehead atoms. The molecule has 1 aliphatic rings. The van der Waals surface area contributed by atoms with Crippen LogP contribution in [-0.2, 0) is 9.53 Å². The molecule has 0 radical (unpaired) electrons. The summed E-state index contributed by atoms with van der Waals surface area (Å²) in [6, 6.07) is 0. The molecule has 0 spiro atoms. The van der Waals surface area contributed by atoms with Gasteiger partial charge < -0.3 is 35.6 Å². The van der Waals surface area contributed by atoms with Crippen LogP contribution < -0.4 is 5.32 Å². The van der Waals surface area contributed by atoms with Crippen molar-refractivity contribution < 1.29 is 35.1 Å². The molecule has 4 atom stereocenters. The number of carboxylic acid groups (broad SMARTS) is 1. The zero-order chi connectivity index (χ0) is 16.6. The minimum absolute atomic E-state index is 0.214. The largest absolute Gasteiger partial charge is 0.481 e. The van der Waals surface area contributed by atoms with Crippen molar-refractivity contribution in [2.24, 2.45) is 0 Å². The van der Waals surface area contributed by atoms with Crippen molar-refractivity contribution in [1.29, 1.82) is 0 Å². The van der Waals surface area contributed by atoms with Crippen LogP contribution in [0.5, 0.6) is 0 Å². The molecule has 22 heavy (non-hydrogen) atoms. The smallest absolute Gasteiger partial charge is 0.303 e. The van der Waals surface area contributed by atoms with Crippen LogP contribution in [0.2, 0.25) is 0 Å². The van der Waals surface area contributed by atoms with Crippen LogP contribution in [0.3, 0.4) is 0 Å². The summed E-state index contributed by atoms with van der Waals surface area (Å²) in [7, 11) is 0. The summed E-state index contributed by atoms with van der Waals surface area (Å²) >= 11 is 0. The predicted octanol–water partition coefficient (Wildman–Crippen LogP) is -1.20. The fourth-order valence-electron chi connectivity index (χ4n) is 2.47. The first-order valence-electron chi connectivity index (χ1n) is 7.70. The van der Waals surface area contributed by atoms with Gasteiger partial charge in [-0.25, -0.2) is 0 Å². The van der Waals surface area contributed by atoms with Gasteiger partial charge in [-0.05, 0) is 19.4 Å². The van der Waals surface area contributed by atoms with Gasteiger partial charge in [-0.15, -0.1) is 0 Å². The Morgan fingerprint density at radius 2 is 1.77 bits per heavy atom. The van der Waals surface area contributed by atoms with Crippen LogP contribution in [0.25, 0.3) is 0 Å². The molecule has 8 heteroatoms. The van der Waals surface area contributed by atoms with Gasteiger partial charge in [0.1, 0.15) is 18.3 Å². The molecule has 0 aromatic carbocycles. The molecule has 1 heterocycles. The third kappa shape index (κ3) is 5.79. The molecule has 6 N–H and O–H groups in total. The molecule has 8 nitrogen and oxygen atoms in total. The topological polar surface area (TPSA) is 139 Å².